The number of aliphatic hydroxyl groups is 3. The summed E-state index contributed by atoms with van der Waals surface area (Å²) in [6, 6.07) is 0. The Morgan fingerprint density at radius 1 is 0.964 bits per heavy atom. The number of carbonyl (C=O) groups is 3. The first-order valence-corrected chi connectivity index (χ1v) is 8.12. The van der Waals surface area contributed by atoms with Crippen LogP contribution in [0.4, 0.5) is 0 Å². The van der Waals surface area contributed by atoms with Crippen LogP contribution >= 0.6 is 0 Å². The first-order valence-electron chi connectivity index (χ1n) is 8.12. The van der Waals surface area contributed by atoms with E-state index in [0.29, 0.717) is 13.0 Å². The molecule has 10 heteroatoms. The highest BCUT2D eigenvalue weighted by atomic mass is 16.5. The number of aliphatic carboxylic acids is 3. The van der Waals surface area contributed by atoms with Crippen LogP contribution in [0.25, 0.3) is 0 Å². The predicted octanol–water partition coefficient (Wildman–Crippen LogP) is 0.678. The summed E-state index contributed by atoms with van der Waals surface area (Å²) >= 11 is 0. The summed E-state index contributed by atoms with van der Waals surface area (Å²) < 4.78 is 5.28. The largest absolute Gasteiger partial charge is 0.478 e. The molecule has 0 amide bonds. The highest BCUT2D eigenvalue weighted by Crippen LogP contribution is 2.09. The molecular weight excluding hydrogens is 376 g/mol. The van der Waals surface area contributed by atoms with E-state index in [1.165, 1.54) is 0 Å². The highest BCUT2D eigenvalue weighted by Gasteiger charge is 2.16. The van der Waals surface area contributed by atoms with E-state index in [4.69, 9.17) is 35.4 Å². The van der Waals surface area contributed by atoms with Gasteiger partial charge in [0.05, 0.1) is 24.9 Å². The Hall–Kier alpha value is -2.53. The van der Waals surface area contributed by atoms with E-state index in [1.807, 2.05) is 13.8 Å². The Morgan fingerprint density at radius 3 is 1.46 bits per heavy atom. The van der Waals surface area contributed by atoms with Crippen LogP contribution in [-0.2, 0) is 19.1 Å². The maximum Gasteiger partial charge on any atom is 0.333 e. The van der Waals surface area contributed by atoms with Gasteiger partial charge in [0.15, 0.2) is 0 Å². The Kier molecular flexibility index (Phi) is 28.9. The van der Waals surface area contributed by atoms with E-state index in [0.717, 1.165) is 18.6 Å². The van der Waals surface area contributed by atoms with Crippen LogP contribution in [0.1, 0.15) is 26.7 Å². The smallest absolute Gasteiger partial charge is 0.333 e. The van der Waals surface area contributed by atoms with E-state index in [1.54, 1.807) is 0 Å². The van der Waals surface area contributed by atoms with Gasteiger partial charge in [-0.2, -0.15) is 0 Å². The molecule has 1 unspecified atom stereocenters. The molecule has 0 rings (SSSR count). The zero-order valence-electron chi connectivity index (χ0n) is 16.3. The van der Waals surface area contributed by atoms with Crippen molar-refractivity contribution in [2.24, 2.45) is 0 Å². The van der Waals surface area contributed by atoms with Crippen molar-refractivity contribution in [3.8, 4) is 0 Å². The van der Waals surface area contributed by atoms with Gasteiger partial charge in [0.1, 0.15) is 6.10 Å². The van der Waals surface area contributed by atoms with Crippen molar-refractivity contribution >= 4 is 17.9 Å². The third-order valence-electron chi connectivity index (χ3n) is 2.33. The van der Waals surface area contributed by atoms with Crippen molar-refractivity contribution in [3.05, 3.63) is 37.5 Å². The maximum absolute atomic E-state index is 10.5. The van der Waals surface area contributed by atoms with Crippen LogP contribution < -0.4 is 0 Å². The van der Waals surface area contributed by atoms with Crippen molar-refractivity contribution < 1.29 is 49.8 Å². The van der Waals surface area contributed by atoms with Gasteiger partial charge in [-0.3, -0.25) is 0 Å². The number of ether oxygens (including phenoxy) is 1. The molecule has 10 nitrogen and oxygen atoms in total. The second-order valence-electron chi connectivity index (χ2n) is 4.70. The first-order chi connectivity index (χ1) is 13.0. The van der Waals surface area contributed by atoms with Gasteiger partial charge in [-0.05, 0) is 12.8 Å². The fourth-order valence-corrected chi connectivity index (χ4v) is 0.920. The third kappa shape index (κ3) is 31.3. The molecule has 0 saturated heterocycles. The lowest BCUT2D eigenvalue weighted by atomic mass is 10.1. The number of aliphatic hydroxyl groups excluding tert-OH is 3. The number of carboxylic acids is 3. The molecule has 1 atom stereocenters. The minimum absolute atomic E-state index is 0.144. The van der Waals surface area contributed by atoms with Gasteiger partial charge in [0.2, 0.25) is 0 Å². The minimum atomic E-state index is -0.981. The molecule has 0 aromatic carbocycles. The fraction of sp³-hybridized carbons (Fsp3) is 0.500. The lowest BCUT2D eigenvalue weighted by Gasteiger charge is -2.14. The Labute approximate surface area is 164 Å². The predicted molar refractivity (Wildman–Crippen MR) is 103 cm³/mol. The quantitative estimate of drug-likeness (QED) is 0.281. The topological polar surface area (TPSA) is 182 Å². The SMILES string of the molecule is C=C(C(=O)O)C(CC)OCCC.C=CC(=O)O.C=CC(=O)O.OCC(O)CO. The normalized spacial score (nSPS) is 9.79. The second-order valence-corrected chi connectivity index (χ2v) is 4.70. The van der Waals surface area contributed by atoms with E-state index < -0.39 is 24.0 Å². The van der Waals surface area contributed by atoms with Gasteiger partial charge >= 0.3 is 17.9 Å². The molecule has 0 radical (unpaired) electrons. The lowest BCUT2D eigenvalue weighted by Crippen LogP contribution is -2.20. The minimum Gasteiger partial charge on any atom is -0.478 e. The standard InChI is InChI=1S/C9H16O3.C3H8O3.2C3H4O2/c1-4-6-12-8(5-2)7(3)9(10)11;4-1-3(6)2-5;2*1-2-3(4)5/h8H,3-6H2,1-2H3,(H,10,11);3-6H,1-2H2;2*2H,1H2,(H,4,5). The first kappa shape index (κ1) is 33.1. The Balaban J connectivity index is -0.000000152. The van der Waals surface area contributed by atoms with Gasteiger partial charge in [-0.15, -0.1) is 0 Å². The molecule has 0 aromatic rings. The van der Waals surface area contributed by atoms with E-state index in [9.17, 15) is 14.4 Å². The zero-order valence-corrected chi connectivity index (χ0v) is 16.3. The van der Waals surface area contributed by atoms with Crippen molar-refractivity contribution in [2.45, 2.75) is 38.9 Å². The van der Waals surface area contributed by atoms with E-state index in [-0.39, 0.29) is 24.9 Å². The molecular formula is C18H32O10. The summed E-state index contributed by atoms with van der Waals surface area (Å²) in [5.41, 5.74) is 0.144. The van der Waals surface area contributed by atoms with Crippen molar-refractivity contribution in [1.82, 2.24) is 0 Å². The Morgan fingerprint density at radius 2 is 1.32 bits per heavy atom. The van der Waals surface area contributed by atoms with E-state index in [2.05, 4.69) is 19.7 Å². The molecule has 0 aliphatic carbocycles. The molecule has 0 bridgehead atoms. The van der Waals surface area contributed by atoms with Crippen LogP contribution in [0.2, 0.25) is 0 Å². The third-order valence-corrected chi connectivity index (χ3v) is 2.33. The number of hydrogen-bond acceptors (Lipinski definition) is 7. The van der Waals surface area contributed by atoms with Crippen LogP contribution in [0.5, 0.6) is 0 Å². The molecule has 0 saturated carbocycles. The van der Waals surface area contributed by atoms with Crippen LogP contribution in [0, 0.1) is 0 Å². The molecule has 0 aliphatic heterocycles. The van der Waals surface area contributed by atoms with Gasteiger partial charge in [0, 0.05) is 18.8 Å². The molecule has 0 fully saturated rings. The number of carboxylic acid groups (broad SMARTS) is 3. The summed E-state index contributed by atoms with van der Waals surface area (Å²) in [4.78, 5) is 29.0. The molecule has 0 aliphatic rings. The van der Waals surface area contributed by atoms with Gasteiger partial charge < -0.3 is 35.4 Å². The molecule has 164 valence electrons. The zero-order chi connectivity index (χ0) is 23.1. The van der Waals surface area contributed by atoms with Crippen LogP contribution in [0.15, 0.2) is 37.5 Å². The average molecular weight is 408 g/mol. The van der Waals surface area contributed by atoms with Crippen LogP contribution in [-0.4, -0.2) is 80.6 Å². The summed E-state index contributed by atoms with van der Waals surface area (Å²) in [5, 5.41) is 47.8. The molecule has 28 heavy (non-hydrogen) atoms. The average Bonchev–Trinajstić information content (AvgIpc) is 2.68. The lowest BCUT2D eigenvalue weighted by molar-refractivity contribution is -0.134. The number of rotatable bonds is 10. The van der Waals surface area contributed by atoms with Gasteiger partial charge in [-0.1, -0.05) is 33.6 Å². The van der Waals surface area contributed by atoms with Crippen LogP contribution in [0.3, 0.4) is 0 Å². The molecule has 6 N–H and O–H groups in total. The van der Waals surface area contributed by atoms with Crippen molar-refractivity contribution in [2.75, 3.05) is 19.8 Å². The van der Waals surface area contributed by atoms with Gasteiger partial charge in [0.25, 0.3) is 0 Å². The summed E-state index contributed by atoms with van der Waals surface area (Å²) in [6.45, 7) is 13.1. The van der Waals surface area contributed by atoms with Gasteiger partial charge in [-0.25, -0.2) is 14.4 Å². The molecule has 0 heterocycles. The second kappa shape index (κ2) is 24.5. The fourth-order valence-electron chi connectivity index (χ4n) is 0.920. The summed E-state index contributed by atoms with van der Waals surface area (Å²) in [5.74, 6) is -2.94. The monoisotopic (exact) mass is 408 g/mol. The molecule has 0 spiro atoms. The molecule has 0 aromatic heterocycles. The maximum atomic E-state index is 10.5. The summed E-state index contributed by atoms with van der Waals surface area (Å²) in [6.07, 6.45) is 1.93. The van der Waals surface area contributed by atoms with E-state index >= 15 is 0 Å². The summed E-state index contributed by atoms with van der Waals surface area (Å²) in [7, 11) is 0. The Bertz CT molecular complexity index is 437. The number of hydrogen-bond donors (Lipinski definition) is 6. The van der Waals surface area contributed by atoms with Crippen molar-refractivity contribution in [3.63, 3.8) is 0 Å². The van der Waals surface area contributed by atoms with Crippen molar-refractivity contribution in [1.29, 1.82) is 0 Å². The highest BCUT2D eigenvalue weighted by molar-refractivity contribution is 5.86.